The number of nitro benzene ring substituents is 1. The van der Waals surface area contributed by atoms with Gasteiger partial charge in [-0.3, -0.25) is 10.1 Å². The van der Waals surface area contributed by atoms with Crippen LogP contribution in [0, 0.1) is 10.1 Å². The normalized spacial score (nSPS) is 10.7. The van der Waals surface area contributed by atoms with Gasteiger partial charge in [0.2, 0.25) is 0 Å². The van der Waals surface area contributed by atoms with Crippen molar-refractivity contribution in [3.63, 3.8) is 0 Å². The van der Waals surface area contributed by atoms with E-state index >= 15 is 0 Å². The van der Waals surface area contributed by atoms with Gasteiger partial charge in [0.1, 0.15) is 0 Å². The number of rotatable bonds is 4. The summed E-state index contributed by atoms with van der Waals surface area (Å²) in [5, 5.41) is 27.5. The molecule has 0 aliphatic rings. The second kappa shape index (κ2) is 5.19. The molecule has 1 aromatic carbocycles. The van der Waals surface area contributed by atoms with Gasteiger partial charge in [-0.1, -0.05) is 16.7 Å². The van der Waals surface area contributed by atoms with E-state index in [1.165, 1.54) is 24.4 Å². The summed E-state index contributed by atoms with van der Waals surface area (Å²) in [6.45, 7) is 0. The van der Waals surface area contributed by atoms with Gasteiger partial charge in [0.25, 0.3) is 11.6 Å². The van der Waals surface area contributed by atoms with Gasteiger partial charge in [0.15, 0.2) is 0 Å². The highest BCUT2D eigenvalue weighted by atomic mass is 35.5. The fourth-order valence-corrected chi connectivity index (χ4v) is 1.28. The first-order valence-electron chi connectivity index (χ1n) is 4.63. The number of hydrazone groups is 1. The van der Waals surface area contributed by atoms with Crippen LogP contribution in [-0.4, -0.2) is 31.8 Å². The molecule has 0 unspecified atom stereocenters. The van der Waals surface area contributed by atoms with E-state index < -0.39 is 4.92 Å². The van der Waals surface area contributed by atoms with Gasteiger partial charge in [-0.15, -0.1) is 5.10 Å². The van der Waals surface area contributed by atoms with Crippen molar-refractivity contribution in [1.82, 2.24) is 20.6 Å². The first kappa shape index (κ1) is 11.9. The third kappa shape index (κ3) is 2.77. The van der Waals surface area contributed by atoms with Crippen LogP contribution in [0.5, 0.6) is 0 Å². The van der Waals surface area contributed by atoms with Crippen LogP contribution < -0.4 is 5.43 Å². The monoisotopic (exact) mass is 267 g/mol. The molecule has 0 aliphatic carbocycles. The van der Waals surface area contributed by atoms with Gasteiger partial charge in [-0.25, -0.2) is 5.43 Å². The van der Waals surface area contributed by atoms with E-state index in [-0.39, 0.29) is 11.6 Å². The molecule has 0 amide bonds. The predicted octanol–water partition coefficient (Wildman–Crippen LogP) is 1.21. The van der Waals surface area contributed by atoms with Crippen LogP contribution in [0.15, 0.2) is 23.3 Å². The summed E-state index contributed by atoms with van der Waals surface area (Å²) in [5.74, 6) is 0.174. The smallest absolute Gasteiger partial charge is 0.258 e. The standard InChI is InChI=1S/C8H6ClN7O2/c9-7-2-1-6(16(17)18)3-5(7)4-10-11-8-12-14-15-13-8/h1-4H,(H2,11,12,13,14,15)/b10-4-. The van der Waals surface area contributed by atoms with Crippen LogP contribution in [0.3, 0.4) is 0 Å². The first-order valence-corrected chi connectivity index (χ1v) is 5.01. The quantitative estimate of drug-likeness (QED) is 0.488. The second-order valence-electron chi connectivity index (χ2n) is 3.07. The predicted molar refractivity (Wildman–Crippen MR) is 63.5 cm³/mol. The van der Waals surface area contributed by atoms with E-state index in [9.17, 15) is 10.1 Å². The zero-order valence-electron chi connectivity index (χ0n) is 8.74. The second-order valence-corrected chi connectivity index (χ2v) is 3.48. The SMILES string of the molecule is O=[N+]([O-])c1ccc(Cl)c(/C=N\Nc2nn[nH]n2)c1. The molecule has 0 bridgehead atoms. The minimum atomic E-state index is -0.514. The van der Waals surface area contributed by atoms with Crippen LogP contribution in [0.4, 0.5) is 11.6 Å². The summed E-state index contributed by atoms with van der Waals surface area (Å²) < 4.78 is 0. The largest absolute Gasteiger partial charge is 0.283 e. The van der Waals surface area contributed by atoms with Crippen LogP contribution in [0.1, 0.15) is 5.56 Å². The number of H-pyrrole nitrogens is 1. The topological polar surface area (TPSA) is 122 Å². The molecule has 10 heteroatoms. The minimum Gasteiger partial charge on any atom is -0.258 e. The summed E-state index contributed by atoms with van der Waals surface area (Å²) in [7, 11) is 0. The molecule has 0 fully saturated rings. The lowest BCUT2D eigenvalue weighted by atomic mass is 10.2. The Balaban J connectivity index is 2.15. The molecule has 0 saturated heterocycles. The molecule has 9 nitrogen and oxygen atoms in total. The summed E-state index contributed by atoms with van der Waals surface area (Å²) in [6.07, 6.45) is 1.33. The number of benzene rings is 1. The Kier molecular flexibility index (Phi) is 3.44. The molecule has 0 spiro atoms. The highest BCUT2D eigenvalue weighted by Gasteiger charge is 2.08. The minimum absolute atomic E-state index is 0.0691. The summed E-state index contributed by atoms with van der Waals surface area (Å²) >= 11 is 5.87. The summed E-state index contributed by atoms with van der Waals surface area (Å²) in [4.78, 5) is 10.1. The lowest BCUT2D eigenvalue weighted by Crippen LogP contribution is -1.95. The summed E-state index contributed by atoms with van der Waals surface area (Å²) in [5.41, 5.74) is 2.81. The molecule has 0 aliphatic heterocycles. The Labute approximate surface area is 105 Å². The molecule has 2 N–H and O–H groups in total. The number of aromatic nitrogens is 4. The Morgan fingerprint density at radius 2 is 2.39 bits per heavy atom. The van der Waals surface area contributed by atoms with Crippen molar-refractivity contribution >= 4 is 29.5 Å². The van der Waals surface area contributed by atoms with Crippen molar-refractivity contribution in [2.75, 3.05) is 5.43 Å². The zero-order valence-corrected chi connectivity index (χ0v) is 9.50. The van der Waals surface area contributed by atoms with Gasteiger partial charge in [0.05, 0.1) is 11.1 Å². The Hall–Kier alpha value is -2.55. The highest BCUT2D eigenvalue weighted by Crippen LogP contribution is 2.20. The average molecular weight is 268 g/mol. The van der Waals surface area contributed by atoms with Crippen LogP contribution in [0.2, 0.25) is 5.02 Å². The lowest BCUT2D eigenvalue weighted by Gasteiger charge is -1.97. The van der Waals surface area contributed by atoms with Gasteiger partial charge < -0.3 is 0 Å². The zero-order chi connectivity index (χ0) is 13.0. The average Bonchev–Trinajstić information content (AvgIpc) is 2.84. The molecular weight excluding hydrogens is 262 g/mol. The van der Waals surface area contributed by atoms with Gasteiger partial charge >= 0.3 is 0 Å². The fourth-order valence-electron chi connectivity index (χ4n) is 1.11. The van der Waals surface area contributed by atoms with E-state index in [0.29, 0.717) is 10.6 Å². The number of halogens is 1. The van der Waals surface area contributed by atoms with Gasteiger partial charge in [-0.2, -0.15) is 10.3 Å². The maximum atomic E-state index is 10.6. The lowest BCUT2D eigenvalue weighted by molar-refractivity contribution is -0.384. The third-order valence-electron chi connectivity index (χ3n) is 1.90. The Morgan fingerprint density at radius 1 is 1.56 bits per heavy atom. The molecule has 18 heavy (non-hydrogen) atoms. The number of tetrazole rings is 1. The fraction of sp³-hybridized carbons (Fsp3) is 0. The molecule has 1 aromatic heterocycles. The van der Waals surface area contributed by atoms with E-state index in [1.807, 2.05) is 0 Å². The molecular formula is C8H6ClN7O2. The van der Waals surface area contributed by atoms with Crippen molar-refractivity contribution in [2.24, 2.45) is 5.10 Å². The van der Waals surface area contributed by atoms with Crippen LogP contribution in [-0.2, 0) is 0 Å². The molecule has 2 aromatic rings. The number of nitrogens with zero attached hydrogens (tertiary/aromatic N) is 5. The van der Waals surface area contributed by atoms with E-state index in [1.54, 1.807) is 0 Å². The first-order chi connectivity index (χ1) is 8.66. The number of nitrogens with one attached hydrogen (secondary N) is 2. The molecule has 1 heterocycles. The van der Waals surface area contributed by atoms with Gasteiger partial charge in [-0.05, 0) is 11.3 Å². The molecule has 0 radical (unpaired) electrons. The Bertz CT molecular complexity index is 583. The number of non-ortho nitro benzene ring substituents is 1. The number of anilines is 1. The summed E-state index contributed by atoms with van der Waals surface area (Å²) in [6, 6.07) is 4.05. The molecule has 0 saturated carbocycles. The number of hydrogen-bond donors (Lipinski definition) is 2. The van der Waals surface area contributed by atoms with Crippen molar-refractivity contribution in [2.45, 2.75) is 0 Å². The van der Waals surface area contributed by atoms with E-state index in [0.717, 1.165) is 0 Å². The molecule has 92 valence electrons. The van der Waals surface area contributed by atoms with Crippen molar-refractivity contribution in [1.29, 1.82) is 0 Å². The highest BCUT2D eigenvalue weighted by molar-refractivity contribution is 6.33. The van der Waals surface area contributed by atoms with Crippen molar-refractivity contribution < 1.29 is 4.92 Å². The van der Waals surface area contributed by atoms with Crippen LogP contribution >= 0.6 is 11.6 Å². The van der Waals surface area contributed by atoms with Crippen LogP contribution in [0.25, 0.3) is 0 Å². The van der Waals surface area contributed by atoms with Gasteiger partial charge in [0, 0.05) is 22.7 Å². The third-order valence-corrected chi connectivity index (χ3v) is 2.25. The molecule has 0 atom stereocenters. The van der Waals surface area contributed by atoms with Crippen molar-refractivity contribution in [3.8, 4) is 0 Å². The number of nitro groups is 1. The number of aromatic amines is 1. The van der Waals surface area contributed by atoms with E-state index in [4.69, 9.17) is 11.6 Å². The van der Waals surface area contributed by atoms with Crippen molar-refractivity contribution in [3.05, 3.63) is 38.9 Å². The molecule has 2 rings (SSSR count). The maximum Gasteiger partial charge on any atom is 0.283 e. The maximum absolute atomic E-state index is 10.6. The number of hydrogen-bond acceptors (Lipinski definition) is 7. The van der Waals surface area contributed by atoms with E-state index in [2.05, 4.69) is 31.2 Å². The Morgan fingerprint density at radius 3 is 3.06 bits per heavy atom.